The summed E-state index contributed by atoms with van der Waals surface area (Å²) in [5, 5.41) is 3.27. The third-order valence-corrected chi connectivity index (χ3v) is 6.29. The second-order valence-electron chi connectivity index (χ2n) is 5.84. The number of sulfonamides is 1. The van der Waals surface area contributed by atoms with Crippen LogP contribution in [-0.4, -0.2) is 52.0 Å². The summed E-state index contributed by atoms with van der Waals surface area (Å²) in [6.07, 6.45) is 0. The van der Waals surface area contributed by atoms with Gasteiger partial charge in [-0.3, -0.25) is 4.79 Å². The van der Waals surface area contributed by atoms with Crippen LogP contribution in [0.1, 0.15) is 10.4 Å². The van der Waals surface area contributed by atoms with E-state index < -0.39 is 15.9 Å². The Morgan fingerprint density at radius 2 is 1.81 bits per heavy atom. The molecule has 0 radical (unpaired) electrons. The molecule has 7 nitrogen and oxygen atoms in total. The zero-order chi connectivity index (χ0) is 19.4. The number of carbonyl (C=O) groups is 1. The molecular formula is C18H19ClN2O5S. The minimum Gasteiger partial charge on any atom is -0.495 e. The fraction of sp³-hybridized carbons (Fsp3) is 0.278. The summed E-state index contributed by atoms with van der Waals surface area (Å²) in [4.78, 5) is 12.5. The number of carbonyl (C=O) groups excluding carboxylic acids is 1. The number of rotatable bonds is 5. The van der Waals surface area contributed by atoms with Gasteiger partial charge in [0.05, 0.1) is 20.3 Å². The smallest absolute Gasteiger partial charge is 0.255 e. The molecule has 3 rings (SSSR count). The minimum atomic E-state index is -3.81. The number of hydrogen-bond donors (Lipinski definition) is 1. The van der Waals surface area contributed by atoms with Gasteiger partial charge in [-0.05, 0) is 42.5 Å². The normalized spacial score (nSPS) is 15.3. The highest BCUT2D eigenvalue weighted by Gasteiger charge is 2.30. The number of methoxy groups -OCH3 is 1. The van der Waals surface area contributed by atoms with E-state index in [-0.39, 0.29) is 29.3 Å². The monoisotopic (exact) mass is 410 g/mol. The number of benzene rings is 2. The first-order valence-corrected chi connectivity index (χ1v) is 10.1. The van der Waals surface area contributed by atoms with Gasteiger partial charge in [0.1, 0.15) is 10.6 Å². The average Bonchev–Trinajstić information content (AvgIpc) is 2.69. The molecule has 2 aromatic carbocycles. The van der Waals surface area contributed by atoms with E-state index in [2.05, 4.69) is 5.32 Å². The molecule has 1 aliphatic rings. The van der Waals surface area contributed by atoms with Gasteiger partial charge in [-0.2, -0.15) is 4.31 Å². The van der Waals surface area contributed by atoms with Crippen molar-refractivity contribution < 1.29 is 22.7 Å². The molecule has 0 bridgehead atoms. The third-order valence-electron chi connectivity index (χ3n) is 4.12. The van der Waals surface area contributed by atoms with Gasteiger partial charge < -0.3 is 14.8 Å². The number of nitrogens with zero attached hydrogens (tertiary/aromatic N) is 1. The van der Waals surface area contributed by atoms with Crippen molar-refractivity contribution in [2.24, 2.45) is 0 Å². The fourth-order valence-corrected chi connectivity index (χ4v) is 4.40. The Labute approximate surface area is 162 Å². The lowest BCUT2D eigenvalue weighted by Crippen LogP contribution is -2.40. The maximum atomic E-state index is 13.0. The van der Waals surface area contributed by atoms with Gasteiger partial charge in [0.25, 0.3) is 5.91 Å². The molecule has 144 valence electrons. The molecule has 1 aliphatic heterocycles. The number of ether oxygens (including phenoxy) is 2. The summed E-state index contributed by atoms with van der Waals surface area (Å²) in [6, 6.07) is 10.9. The topological polar surface area (TPSA) is 84.9 Å². The molecular weight excluding hydrogens is 392 g/mol. The molecule has 1 heterocycles. The Bertz CT molecular complexity index is 925. The number of hydrogen-bond acceptors (Lipinski definition) is 5. The van der Waals surface area contributed by atoms with E-state index in [1.54, 1.807) is 24.3 Å². The number of anilines is 1. The highest BCUT2D eigenvalue weighted by atomic mass is 35.5. The largest absolute Gasteiger partial charge is 0.495 e. The van der Waals surface area contributed by atoms with Gasteiger partial charge in [-0.15, -0.1) is 0 Å². The van der Waals surface area contributed by atoms with E-state index in [1.807, 2.05) is 0 Å². The van der Waals surface area contributed by atoms with Gasteiger partial charge in [0.15, 0.2) is 0 Å². The van der Waals surface area contributed by atoms with Gasteiger partial charge in [0, 0.05) is 29.4 Å². The Kier molecular flexibility index (Phi) is 6.01. The SMILES string of the molecule is COc1ccc(C(=O)Nc2ccc(Cl)cc2)cc1S(=O)(=O)N1CCOCC1. The Hall–Kier alpha value is -2.13. The third kappa shape index (κ3) is 4.41. The second kappa shape index (κ2) is 8.26. The van der Waals surface area contributed by atoms with Crippen molar-refractivity contribution in [1.29, 1.82) is 0 Å². The summed E-state index contributed by atoms with van der Waals surface area (Å²) in [7, 11) is -2.42. The van der Waals surface area contributed by atoms with Gasteiger partial charge in [-0.1, -0.05) is 11.6 Å². The van der Waals surface area contributed by atoms with E-state index in [0.29, 0.717) is 23.9 Å². The van der Waals surface area contributed by atoms with E-state index in [0.717, 1.165) is 0 Å². The van der Waals surface area contributed by atoms with Crippen LogP contribution in [0.2, 0.25) is 5.02 Å². The van der Waals surface area contributed by atoms with Crippen LogP contribution in [-0.2, 0) is 14.8 Å². The quantitative estimate of drug-likeness (QED) is 0.819. The Balaban J connectivity index is 1.90. The number of nitrogens with one attached hydrogen (secondary N) is 1. The zero-order valence-electron chi connectivity index (χ0n) is 14.6. The maximum Gasteiger partial charge on any atom is 0.255 e. The van der Waals surface area contributed by atoms with Crippen LogP contribution < -0.4 is 10.1 Å². The first-order chi connectivity index (χ1) is 12.9. The lowest BCUT2D eigenvalue weighted by molar-refractivity contribution is 0.0729. The lowest BCUT2D eigenvalue weighted by Gasteiger charge is -2.26. The predicted octanol–water partition coefficient (Wildman–Crippen LogP) is 2.62. The van der Waals surface area contributed by atoms with Crippen molar-refractivity contribution in [1.82, 2.24) is 4.31 Å². The first-order valence-electron chi connectivity index (χ1n) is 8.24. The number of morpholine rings is 1. The molecule has 0 aromatic heterocycles. The fourth-order valence-electron chi connectivity index (χ4n) is 2.68. The molecule has 9 heteroatoms. The van der Waals surface area contributed by atoms with Crippen molar-refractivity contribution in [2.75, 3.05) is 38.7 Å². The van der Waals surface area contributed by atoms with Crippen LogP contribution in [0.5, 0.6) is 5.75 Å². The Morgan fingerprint density at radius 3 is 2.44 bits per heavy atom. The standard InChI is InChI=1S/C18H19ClN2O5S/c1-25-16-7-2-13(18(22)20-15-5-3-14(19)4-6-15)12-17(16)27(23,24)21-8-10-26-11-9-21/h2-7,12H,8-11H2,1H3,(H,20,22). The van der Waals surface area contributed by atoms with Crippen LogP contribution in [0.4, 0.5) is 5.69 Å². The Morgan fingerprint density at radius 1 is 1.15 bits per heavy atom. The summed E-state index contributed by atoms with van der Waals surface area (Å²) in [5.74, 6) is -0.247. The molecule has 0 unspecified atom stereocenters. The molecule has 1 fully saturated rings. The van der Waals surface area contributed by atoms with E-state index in [1.165, 1.54) is 29.6 Å². The molecule has 1 N–H and O–H groups in total. The van der Waals surface area contributed by atoms with Crippen LogP contribution in [0.25, 0.3) is 0 Å². The molecule has 0 spiro atoms. The summed E-state index contributed by atoms with van der Waals surface area (Å²) < 4.78 is 37.7. The summed E-state index contributed by atoms with van der Waals surface area (Å²) in [6.45, 7) is 1.18. The van der Waals surface area contributed by atoms with Crippen LogP contribution in [0, 0.1) is 0 Å². The predicted molar refractivity (Wildman–Crippen MR) is 102 cm³/mol. The summed E-state index contributed by atoms with van der Waals surface area (Å²) >= 11 is 5.84. The van der Waals surface area contributed by atoms with Crippen molar-refractivity contribution in [3.63, 3.8) is 0 Å². The van der Waals surface area contributed by atoms with E-state index in [9.17, 15) is 13.2 Å². The molecule has 2 aromatic rings. The van der Waals surface area contributed by atoms with E-state index >= 15 is 0 Å². The maximum absolute atomic E-state index is 13.0. The summed E-state index contributed by atoms with van der Waals surface area (Å²) in [5.41, 5.74) is 0.760. The van der Waals surface area contributed by atoms with Crippen molar-refractivity contribution in [3.05, 3.63) is 53.1 Å². The zero-order valence-corrected chi connectivity index (χ0v) is 16.2. The number of amides is 1. The molecule has 0 aliphatic carbocycles. The first kappa shape index (κ1) is 19.6. The van der Waals surface area contributed by atoms with Crippen LogP contribution in [0.15, 0.2) is 47.4 Å². The second-order valence-corrected chi connectivity index (χ2v) is 8.19. The molecule has 1 saturated heterocycles. The van der Waals surface area contributed by atoms with Gasteiger partial charge >= 0.3 is 0 Å². The van der Waals surface area contributed by atoms with Crippen molar-refractivity contribution in [3.8, 4) is 5.75 Å². The molecule has 1 amide bonds. The molecule has 0 saturated carbocycles. The highest BCUT2D eigenvalue weighted by molar-refractivity contribution is 7.89. The lowest BCUT2D eigenvalue weighted by atomic mass is 10.2. The van der Waals surface area contributed by atoms with Crippen LogP contribution in [0.3, 0.4) is 0 Å². The highest BCUT2D eigenvalue weighted by Crippen LogP contribution is 2.29. The molecule has 27 heavy (non-hydrogen) atoms. The molecule has 0 atom stereocenters. The average molecular weight is 411 g/mol. The van der Waals surface area contributed by atoms with Gasteiger partial charge in [0.2, 0.25) is 10.0 Å². The van der Waals surface area contributed by atoms with Crippen molar-refractivity contribution >= 4 is 33.2 Å². The minimum absolute atomic E-state index is 0.0457. The van der Waals surface area contributed by atoms with Crippen molar-refractivity contribution in [2.45, 2.75) is 4.90 Å². The van der Waals surface area contributed by atoms with Gasteiger partial charge in [-0.25, -0.2) is 8.42 Å². The van der Waals surface area contributed by atoms with Crippen LogP contribution >= 0.6 is 11.6 Å². The number of halogens is 1. The van der Waals surface area contributed by atoms with E-state index in [4.69, 9.17) is 21.1 Å².